The maximum absolute atomic E-state index is 12.6. The Balaban J connectivity index is 2.92. The molecule has 0 aromatic heterocycles. The monoisotopic (exact) mass is 342 g/mol. The zero-order chi connectivity index (χ0) is 18.2. The molecular weight excluding hydrogens is 316 g/mol. The Morgan fingerprint density at radius 1 is 1.29 bits per heavy atom. The molecule has 0 spiro atoms. The van der Waals surface area contributed by atoms with Crippen LogP contribution < -0.4 is 0 Å². The van der Waals surface area contributed by atoms with Crippen LogP contribution in [0.2, 0.25) is 0 Å². The first-order valence-corrected chi connectivity index (χ1v) is 8.20. The number of carboxylic acids is 1. The molecule has 1 N–H and O–H groups in total. The van der Waals surface area contributed by atoms with Crippen LogP contribution in [0.5, 0.6) is 0 Å². The molecule has 0 aromatic rings. The molecule has 0 saturated carbocycles. The summed E-state index contributed by atoms with van der Waals surface area (Å²) in [5.74, 6) is -2.51. The summed E-state index contributed by atoms with van der Waals surface area (Å²) in [6.45, 7) is 7.59. The highest BCUT2D eigenvalue weighted by atomic mass is 16.6. The van der Waals surface area contributed by atoms with Gasteiger partial charge in [-0.05, 0) is 19.8 Å². The minimum atomic E-state index is -1.60. The first-order valence-electron chi connectivity index (χ1n) is 8.20. The van der Waals surface area contributed by atoms with Crippen LogP contribution in [0.1, 0.15) is 52.4 Å². The predicted octanol–water partition coefficient (Wildman–Crippen LogP) is 2.23. The minimum absolute atomic E-state index is 0.0755. The first-order chi connectivity index (χ1) is 11.3. The second-order valence-electron chi connectivity index (χ2n) is 6.07. The number of epoxide rings is 1. The lowest BCUT2D eigenvalue weighted by molar-refractivity contribution is -0.183. The SMILES string of the molecule is C=C(C)C(=O)OC(CCCCC)(CCC(=O)O)C(=O)OCC1CO1. The normalized spacial score (nSPS) is 18.3. The molecule has 7 nitrogen and oxygen atoms in total. The predicted molar refractivity (Wildman–Crippen MR) is 85.3 cm³/mol. The summed E-state index contributed by atoms with van der Waals surface area (Å²) in [7, 11) is 0. The van der Waals surface area contributed by atoms with E-state index in [4.69, 9.17) is 19.3 Å². The van der Waals surface area contributed by atoms with Gasteiger partial charge in [-0.25, -0.2) is 9.59 Å². The van der Waals surface area contributed by atoms with Crippen LogP contribution in [0.4, 0.5) is 0 Å². The maximum atomic E-state index is 12.6. The van der Waals surface area contributed by atoms with E-state index < -0.39 is 23.5 Å². The average Bonchev–Trinajstić information content (AvgIpc) is 3.34. The number of carbonyl (C=O) groups is 3. The Hall–Kier alpha value is -1.89. The van der Waals surface area contributed by atoms with Crippen molar-refractivity contribution in [2.75, 3.05) is 13.2 Å². The summed E-state index contributed by atoms with van der Waals surface area (Å²) in [4.78, 5) is 35.5. The Bertz CT molecular complexity index is 481. The quantitative estimate of drug-likeness (QED) is 0.251. The minimum Gasteiger partial charge on any atom is -0.481 e. The molecule has 0 amide bonds. The number of unbranched alkanes of at least 4 members (excludes halogenated alkanes) is 2. The standard InChI is InChI=1S/C17H26O7/c1-4-5-6-8-17(9-7-14(18)19,24-15(20)12(2)3)16(21)23-11-13-10-22-13/h13H,2,4-11H2,1,3H3,(H,18,19). The lowest BCUT2D eigenvalue weighted by Crippen LogP contribution is -2.45. The highest BCUT2D eigenvalue weighted by Crippen LogP contribution is 2.29. The zero-order valence-electron chi connectivity index (χ0n) is 14.3. The molecule has 136 valence electrons. The number of carbonyl (C=O) groups excluding carboxylic acids is 2. The van der Waals surface area contributed by atoms with Crippen LogP contribution >= 0.6 is 0 Å². The van der Waals surface area contributed by atoms with Crippen LogP contribution in [0.15, 0.2) is 12.2 Å². The molecule has 2 atom stereocenters. The molecule has 1 rings (SSSR count). The van der Waals surface area contributed by atoms with E-state index >= 15 is 0 Å². The Labute approximate surface area is 142 Å². The average molecular weight is 342 g/mol. The van der Waals surface area contributed by atoms with Crippen molar-refractivity contribution in [3.8, 4) is 0 Å². The van der Waals surface area contributed by atoms with Crippen LogP contribution in [0, 0.1) is 0 Å². The largest absolute Gasteiger partial charge is 0.481 e. The second-order valence-corrected chi connectivity index (χ2v) is 6.07. The van der Waals surface area contributed by atoms with Gasteiger partial charge in [0, 0.05) is 18.4 Å². The van der Waals surface area contributed by atoms with Crippen molar-refractivity contribution >= 4 is 17.9 Å². The fraction of sp³-hybridized carbons (Fsp3) is 0.706. The molecule has 1 aliphatic heterocycles. The van der Waals surface area contributed by atoms with Gasteiger partial charge in [0.05, 0.1) is 6.61 Å². The zero-order valence-corrected chi connectivity index (χ0v) is 14.3. The van der Waals surface area contributed by atoms with Gasteiger partial charge in [-0.2, -0.15) is 0 Å². The molecule has 0 radical (unpaired) electrons. The number of ether oxygens (including phenoxy) is 3. The van der Waals surface area contributed by atoms with E-state index in [1.54, 1.807) is 0 Å². The molecule has 24 heavy (non-hydrogen) atoms. The third-order valence-corrected chi connectivity index (χ3v) is 3.74. The van der Waals surface area contributed by atoms with Crippen LogP contribution in [0.25, 0.3) is 0 Å². The fourth-order valence-corrected chi connectivity index (χ4v) is 2.17. The molecule has 1 saturated heterocycles. The van der Waals surface area contributed by atoms with Crippen molar-refractivity contribution in [2.45, 2.75) is 64.1 Å². The van der Waals surface area contributed by atoms with E-state index in [1.807, 2.05) is 6.92 Å². The Kier molecular flexibility index (Phi) is 7.91. The summed E-state index contributed by atoms with van der Waals surface area (Å²) in [6, 6.07) is 0. The lowest BCUT2D eigenvalue weighted by Gasteiger charge is -2.31. The van der Waals surface area contributed by atoms with E-state index in [2.05, 4.69) is 6.58 Å². The topological polar surface area (TPSA) is 102 Å². The number of hydrogen-bond acceptors (Lipinski definition) is 6. The molecule has 0 aromatic carbocycles. The Morgan fingerprint density at radius 2 is 1.96 bits per heavy atom. The number of hydrogen-bond donors (Lipinski definition) is 1. The number of aliphatic carboxylic acids is 1. The van der Waals surface area contributed by atoms with E-state index in [0.717, 1.165) is 12.8 Å². The van der Waals surface area contributed by atoms with Crippen LogP contribution in [-0.4, -0.2) is 47.9 Å². The summed E-state index contributed by atoms with van der Waals surface area (Å²) in [5.41, 5.74) is -1.46. The second kappa shape index (κ2) is 9.42. The highest BCUT2D eigenvalue weighted by molar-refractivity contribution is 5.91. The molecule has 0 aliphatic carbocycles. The van der Waals surface area contributed by atoms with Gasteiger partial charge in [-0.1, -0.05) is 26.3 Å². The van der Waals surface area contributed by atoms with Gasteiger partial charge in [0.15, 0.2) is 0 Å². The van der Waals surface area contributed by atoms with Gasteiger partial charge in [-0.15, -0.1) is 0 Å². The van der Waals surface area contributed by atoms with Gasteiger partial charge in [0.25, 0.3) is 0 Å². The van der Waals surface area contributed by atoms with E-state index in [1.165, 1.54) is 6.92 Å². The fourth-order valence-electron chi connectivity index (χ4n) is 2.17. The summed E-state index contributed by atoms with van der Waals surface area (Å²) < 4.78 is 15.6. The number of esters is 2. The highest BCUT2D eigenvalue weighted by Gasteiger charge is 2.44. The van der Waals surface area contributed by atoms with Crippen molar-refractivity contribution in [3.63, 3.8) is 0 Å². The van der Waals surface area contributed by atoms with Crippen LogP contribution in [0.3, 0.4) is 0 Å². The van der Waals surface area contributed by atoms with Gasteiger partial charge in [0.2, 0.25) is 5.60 Å². The molecule has 0 bridgehead atoms. The Morgan fingerprint density at radius 3 is 2.46 bits per heavy atom. The third-order valence-electron chi connectivity index (χ3n) is 3.74. The summed E-state index contributed by atoms with van der Waals surface area (Å²) >= 11 is 0. The van der Waals surface area contributed by atoms with Gasteiger partial charge >= 0.3 is 17.9 Å². The maximum Gasteiger partial charge on any atom is 0.350 e. The van der Waals surface area contributed by atoms with Gasteiger partial charge in [-0.3, -0.25) is 4.79 Å². The molecule has 7 heteroatoms. The van der Waals surface area contributed by atoms with Gasteiger partial charge < -0.3 is 19.3 Å². The summed E-state index contributed by atoms with van der Waals surface area (Å²) in [6.07, 6.45) is 2.03. The lowest BCUT2D eigenvalue weighted by atomic mass is 9.90. The molecular formula is C17H26O7. The first kappa shape index (κ1) is 20.2. The van der Waals surface area contributed by atoms with Gasteiger partial charge in [0.1, 0.15) is 12.7 Å². The number of carboxylic acid groups (broad SMARTS) is 1. The van der Waals surface area contributed by atoms with E-state index in [0.29, 0.717) is 13.0 Å². The molecule has 1 heterocycles. The third kappa shape index (κ3) is 6.70. The summed E-state index contributed by atoms with van der Waals surface area (Å²) in [5, 5.41) is 8.97. The van der Waals surface area contributed by atoms with Crippen molar-refractivity contribution in [3.05, 3.63) is 12.2 Å². The number of rotatable bonds is 12. The molecule has 1 fully saturated rings. The molecule has 1 aliphatic rings. The van der Waals surface area contributed by atoms with Crippen molar-refractivity contribution in [1.29, 1.82) is 0 Å². The van der Waals surface area contributed by atoms with Crippen molar-refractivity contribution < 1.29 is 33.7 Å². The van der Waals surface area contributed by atoms with E-state index in [9.17, 15) is 14.4 Å². The molecule has 2 unspecified atom stereocenters. The van der Waals surface area contributed by atoms with Crippen molar-refractivity contribution in [2.24, 2.45) is 0 Å². The van der Waals surface area contributed by atoms with E-state index in [-0.39, 0.29) is 37.5 Å². The van der Waals surface area contributed by atoms with Crippen LogP contribution in [-0.2, 0) is 28.6 Å². The smallest absolute Gasteiger partial charge is 0.350 e. The van der Waals surface area contributed by atoms with Crippen molar-refractivity contribution in [1.82, 2.24) is 0 Å².